The molecule has 2 aromatic carbocycles. The van der Waals surface area contributed by atoms with E-state index in [0.717, 1.165) is 26.8 Å². The molecule has 0 amide bonds. The van der Waals surface area contributed by atoms with Crippen molar-refractivity contribution in [1.29, 1.82) is 0 Å². The standard InChI is InChI=1S/C14H11BrClN3/c1-8-7-9(15)5-6-12(8)19-13-10(16)3-2-4-11(13)18-14(19)17/h2-7H,1H3,(H2,17,18). The Morgan fingerprint density at radius 1 is 1.26 bits per heavy atom. The molecule has 0 fully saturated rings. The van der Waals surface area contributed by atoms with Gasteiger partial charge in [-0.1, -0.05) is 33.6 Å². The van der Waals surface area contributed by atoms with Crippen molar-refractivity contribution in [2.45, 2.75) is 6.92 Å². The SMILES string of the molecule is Cc1cc(Br)ccc1-n1c(N)nc2cccc(Cl)c21. The number of para-hydroxylation sites is 1. The highest BCUT2D eigenvalue weighted by molar-refractivity contribution is 9.10. The van der Waals surface area contributed by atoms with Gasteiger partial charge in [-0.3, -0.25) is 4.57 Å². The molecule has 0 atom stereocenters. The predicted octanol–water partition coefficient (Wildman–Crippen LogP) is 4.33. The average Bonchev–Trinajstić information content (AvgIpc) is 2.67. The maximum absolute atomic E-state index is 6.28. The number of imidazole rings is 1. The molecule has 0 aliphatic carbocycles. The summed E-state index contributed by atoms with van der Waals surface area (Å²) in [5.41, 5.74) is 9.76. The Morgan fingerprint density at radius 2 is 2.05 bits per heavy atom. The number of anilines is 1. The molecule has 96 valence electrons. The van der Waals surface area contributed by atoms with E-state index in [1.807, 2.05) is 47.9 Å². The normalized spacial score (nSPS) is 11.1. The lowest BCUT2D eigenvalue weighted by atomic mass is 10.2. The predicted molar refractivity (Wildman–Crippen MR) is 82.9 cm³/mol. The molecule has 0 unspecified atom stereocenters. The highest BCUT2D eigenvalue weighted by Gasteiger charge is 2.14. The number of hydrogen-bond acceptors (Lipinski definition) is 2. The Kier molecular flexibility index (Phi) is 2.99. The first kappa shape index (κ1) is 12.5. The first-order valence-corrected chi connectivity index (χ1v) is 6.94. The molecule has 0 spiro atoms. The van der Waals surface area contributed by atoms with Crippen LogP contribution in [-0.2, 0) is 0 Å². The molecule has 3 nitrogen and oxygen atoms in total. The van der Waals surface area contributed by atoms with E-state index >= 15 is 0 Å². The van der Waals surface area contributed by atoms with E-state index in [-0.39, 0.29) is 0 Å². The van der Waals surface area contributed by atoms with Crippen molar-refractivity contribution in [3.05, 3.63) is 51.5 Å². The van der Waals surface area contributed by atoms with E-state index in [1.165, 1.54) is 0 Å². The summed E-state index contributed by atoms with van der Waals surface area (Å²) in [4.78, 5) is 4.36. The van der Waals surface area contributed by atoms with Crippen LogP contribution in [0.1, 0.15) is 5.56 Å². The van der Waals surface area contributed by atoms with Gasteiger partial charge < -0.3 is 5.73 Å². The smallest absolute Gasteiger partial charge is 0.205 e. The van der Waals surface area contributed by atoms with Crippen molar-refractivity contribution in [2.75, 3.05) is 5.73 Å². The number of aryl methyl sites for hydroxylation is 1. The summed E-state index contributed by atoms with van der Waals surface area (Å²) >= 11 is 9.74. The number of nitrogens with two attached hydrogens (primary N) is 1. The zero-order chi connectivity index (χ0) is 13.6. The molecule has 0 saturated heterocycles. The quantitative estimate of drug-likeness (QED) is 0.718. The Morgan fingerprint density at radius 3 is 2.79 bits per heavy atom. The van der Waals surface area contributed by atoms with Gasteiger partial charge in [-0.25, -0.2) is 4.98 Å². The summed E-state index contributed by atoms with van der Waals surface area (Å²) in [5, 5.41) is 0.643. The summed E-state index contributed by atoms with van der Waals surface area (Å²) in [7, 11) is 0. The molecular formula is C14H11BrClN3. The van der Waals surface area contributed by atoms with Crippen LogP contribution in [0.4, 0.5) is 5.95 Å². The molecule has 19 heavy (non-hydrogen) atoms. The summed E-state index contributed by atoms with van der Waals surface area (Å²) in [5.74, 6) is 0.438. The molecule has 1 heterocycles. The number of rotatable bonds is 1. The lowest BCUT2D eigenvalue weighted by Crippen LogP contribution is -2.02. The molecule has 3 aromatic rings. The van der Waals surface area contributed by atoms with Gasteiger partial charge in [-0.2, -0.15) is 0 Å². The zero-order valence-electron chi connectivity index (χ0n) is 10.2. The third kappa shape index (κ3) is 2.01. The van der Waals surface area contributed by atoms with Crippen LogP contribution in [-0.4, -0.2) is 9.55 Å². The minimum absolute atomic E-state index is 0.438. The van der Waals surface area contributed by atoms with Crippen LogP contribution in [0.5, 0.6) is 0 Å². The molecule has 1 aromatic heterocycles. The number of benzene rings is 2. The van der Waals surface area contributed by atoms with Gasteiger partial charge in [0.15, 0.2) is 0 Å². The van der Waals surface area contributed by atoms with E-state index < -0.39 is 0 Å². The second kappa shape index (κ2) is 4.54. The molecule has 0 radical (unpaired) electrons. The molecule has 0 saturated carbocycles. The molecule has 0 aliphatic heterocycles. The highest BCUT2D eigenvalue weighted by Crippen LogP contribution is 2.30. The first-order valence-electron chi connectivity index (χ1n) is 5.77. The topological polar surface area (TPSA) is 43.8 Å². The molecule has 5 heteroatoms. The van der Waals surface area contributed by atoms with Crippen molar-refractivity contribution in [1.82, 2.24) is 9.55 Å². The van der Waals surface area contributed by atoms with Crippen LogP contribution in [0.2, 0.25) is 5.02 Å². The molecule has 3 rings (SSSR count). The Labute approximate surface area is 124 Å². The zero-order valence-corrected chi connectivity index (χ0v) is 12.5. The average molecular weight is 337 g/mol. The van der Waals surface area contributed by atoms with Crippen LogP contribution < -0.4 is 5.73 Å². The van der Waals surface area contributed by atoms with Crippen molar-refractivity contribution in [2.24, 2.45) is 0 Å². The second-order valence-electron chi connectivity index (χ2n) is 4.34. The maximum atomic E-state index is 6.28. The van der Waals surface area contributed by atoms with E-state index in [2.05, 4.69) is 20.9 Å². The number of hydrogen-bond donors (Lipinski definition) is 1. The fourth-order valence-corrected chi connectivity index (χ4v) is 2.95. The Balaban J connectivity index is 2.39. The number of nitrogen functional groups attached to an aromatic ring is 1. The summed E-state index contributed by atoms with van der Waals surface area (Å²) in [6, 6.07) is 11.6. The van der Waals surface area contributed by atoms with Crippen molar-refractivity contribution < 1.29 is 0 Å². The summed E-state index contributed by atoms with van der Waals surface area (Å²) in [6.45, 7) is 2.03. The number of halogens is 2. The molecule has 0 bridgehead atoms. The van der Waals surface area contributed by atoms with Crippen molar-refractivity contribution in [3.63, 3.8) is 0 Å². The first-order chi connectivity index (χ1) is 9.08. The van der Waals surface area contributed by atoms with Gasteiger partial charge in [0.1, 0.15) is 0 Å². The molecular weight excluding hydrogens is 326 g/mol. The third-order valence-electron chi connectivity index (χ3n) is 3.05. The van der Waals surface area contributed by atoms with Crippen molar-refractivity contribution in [3.8, 4) is 5.69 Å². The van der Waals surface area contributed by atoms with Crippen LogP contribution >= 0.6 is 27.5 Å². The molecule has 0 aliphatic rings. The highest BCUT2D eigenvalue weighted by atomic mass is 79.9. The third-order valence-corrected chi connectivity index (χ3v) is 3.85. The number of fused-ring (bicyclic) bond motifs is 1. The Hall–Kier alpha value is -1.52. The van der Waals surface area contributed by atoms with Gasteiger partial charge in [-0.05, 0) is 42.8 Å². The lowest BCUT2D eigenvalue weighted by molar-refractivity contribution is 1.09. The fourth-order valence-electron chi connectivity index (χ4n) is 2.22. The van der Waals surface area contributed by atoms with E-state index in [1.54, 1.807) is 0 Å². The van der Waals surface area contributed by atoms with Gasteiger partial charge in [-0.15, -0.1) is 0 Å². The van der Waals surface area contributed by atoms with E-state index in [9.17, 15) is 0 Å². The minimum atomic E-state index is 0.438. The summed E-state index contributed by atoms with van der Waals surface area (Å²) in [6.07, 6.45) is 0. The maximum Gasteiger partial charge on any atom is 0.205 e. The second-order valence-corrected chi connectivity index (χ2v) is 5.67. The van der Waals surface area contributed by atoms with Crippen LogP contribution in [0, 0.1) is 6.92 Å². The van der Waals surface area contributed by atoms with Gasteiger partial charge in [0.25, 0.3) is 0 Å². The molecule has 2 N–H and O–H groups in total. The van der Waals surface area contributed by atoms with Crippen LogP contribution in [0.25, 0.3) is 16.7 Å². The number of nitrogens with zero attached hydrogens (tertiary/aromatic N) is 2. The van der Waals surface area contributed by atoms with Crippen LogP contribution in [0.3, 0.4) is 0 Å². The van der Waals surface area contributed by atoms with Gasteiger partial charge >= 0.3 is 0 Å². The largest absolute Gasteiger partial charge is 0.369 e. The van der Waals surface area contributed by atoms with E-state index in [4.69, 9.17) is 17.3 Å². The Bertz CT molecular complexity index is 780. The van der Waals surface area contributed by atoms with Gasteiger partial charge in [0.2, 0.25) is 5.95 Å². The summed E-state index contributed by atoms with van der Waals surface area (Å²) < 4.78 is 2.92. The van der Waals surface area contributed by atoms with Crippen molar-refractivity contribution >= 4 is 44.5 Å². The fraction of sp³-hybridized carbons (Fsp3) is 0.0714. The van der Waals surface area contributed by atoms with Crippen LogP contribution in [0.15, 0.2) is 40.9 Å². The minimum Gasteiger partial charge on any atom is -0.369 e. The lowest BCUT2D eigenvalue weighted by Gasteiger charge is -2.11. The monoisotopic (exact) mass is 335 g/mol. The number of aromatic nitrogens is 2. The van der Waals surface area contributed by atoms with E-state index in [0.29, 0.717) is 11.0 Å². The van der Waals surface area contributed by atoms with Gasteiger partial charge in [0, 0.05) is 4.47 Å². The van der Waals surface area contributed by atoms with Gasteiger partial charge in [0.05, 0.1) is 21.7 Å².